The van der Waals surface area contributed by atoms with Gasteiger partial charge in [-0.25, -0.2) is 0 Å². The van der Waals surface area contributed by atoms with Crippen molar-refractivity contribution in [3.05, 3.63) is 23.2 Å². The number of amides is 1. The van der Waals surface area contributed by atoms with Crippen molar-refractivity contribution >= 4 is 34.0 Å². The van der Waals surface area contributed by atoms with Crippen LogP contribution in [0.3, 0.4) is 0 Å². The number of nitrogen functional groups attached to an aromatic ring is 1. The van der Waals surface area contributed by atoms with Gasteiger partial charge in [-0.3, -0.25) is 9.00 Å². The number of benzene rings is 1. The fourth-order valence-electron chi connectivity index (χ4n) is 1.31. The van der Waals surface area contributed by atoms with Gasteiger partial charge in [0.05, 0.1) is 21.5 Å². The topological polar surface area (TPSA) is 72.2 Å². The van der Waals surface area contributed by atoms with E-state index >= 15 is 0 Å². The summed E-state index contributed by atoms with van der Waals surface area (Å²) in [4.78, 5) is 12.1. The molecule has 0 aliphatic carbocycles. The Kier molecular flexibility index (Phi) is 4.76. The zero-order valence-corrected chi connectivity index (χ0v) is 12.2. The van der Waals surface area contributed by atoms with Crippen LogP contribution in [0.1, 0.15) is 20.8 Å². The summed E-state index contributed by atoms with van der Waals surface area (Å²) in [6.07, 6.45) is 0. The van der Waals surface area contributed by atoms with Gasteiger partial charge in [0.15, 0.2) is 0 Å². The predicted octanol–water partition coefficient (Wildman–Crippen LogP) is 1.94. The highest BCUT2D eigenvalue weighted by Crippen LogP contribution is 2.21. The van der Waals surface area contributed by atoms with E-state index in [-0.39, 0.29) is 17.2 Å². The van der Waals surface area contributed by atoms with Gasteiger partial charge in [0.2, 0.25) is 5.91 Å². The van der Waals surface area contributed by atoms with Crippen LogP contribution in [0.5, 0.6) is 0 Å². The Bertz CT molecular complexity index is 483. The van der Waals surface area contributed by atoms with Crippen LogP contribution in [-0.2, 0) is 15.6 Å². The molecule has 1 rings (SSSR count). The van der Waals surface area contributed by atoms with Crippen molar-refractivity contribution in [2.45, 2.75) is 31.2 Å². The van der Waals surface area contributed by atoms with Crippen molar-refractivity contribution in [1.29, 1.82) is 0 Å². The summed E-state index contributed by atoms with van der Waals surface area (Å²) in [5, 5.41) is 3.10. The highest BCUT2D eigenvalue weighted by molar-refractivity contribution is 7.85. The Labute approximate surface area is 114 Å². The molecule has 0 radical (unpaired) electrons. The number of carbonyl (C=O) groups excluding carboxylic acids is 1. The quantitative estimate of drug-likeness (QED) is 0.835. The van der Waals surface area contributed by atoms with Gasteiger partial charge in [0, 0.05) is 10.4 Å². The Morgan fingerprint density at radius 3 is 2.56 bits per heavy atom. The highest BCUT2D eigenvalue weighted by Gasteiger charge is 2.17. The lowest BCUT2D eigenvalue weighted by molar-refractivity contribution is -0.119. The van der Waals surface area contributed by atoms with Crippen LogP contribution in [0, 0.1) is 0 Å². The zero-order chi connectivity index (χ0) is 13.9. The first kappa shape index (κ1) is 15.0. The number of hydrogen-bond acceptors (Lipinski definition) is 3. The van der Waals surface area contributed by atoms with Gasteiger partial charge in [-0.1, -0.05) is 11.6 Å². The van der Waals surface area contributed by atoms with Gasteiger partial charge in [-0.15, -0.1) is 0 Å². The molecule has 1 atom stereocenters. The number of anilines is 1. The van der Waals surface area contributed by atoms with E-state index in [1.54, 1.807) is 12.1 Å². The number of hydrogen-bond donors (Lipinski definition) is 2. The maximum Gasteiger partial charge on any atom is 0.233 e. The summed E-state index contributed by atoms with van der Waals surface area (Å²) < 4.78 is 12.0. The lowest BCUT2D eigenvalue weighted by atomic mass is 10.1. The van der Waals surface area contributed by atoms with Crippen LogP contribution in [0.15, 0.2) is 23.1 Å². The number of nitrogens with one attached hydrogen (secondary N) is 1. The molecule has 1 aromatic carbocycles. The summed E-state index contributed by atoms with van der Waals surface area (Å²) in [6.45, 7) is 5.61. The Balaban J connectivity index is 2.71. The summed E-state index contributed by atoms with van der Waals surface area (Å²) in [5.74, 6) is -0.342. The third-order valence-corrected chi connectivity index (χ3v) is 3.64. The molecule has 3 N–H and O–H groups in total. The van der Waals surface area contributed by atoms with Crippen molar-refractivity contribution in [2.75, 3.05) is 11.5 Å². The lowest BCUT2D eigenvalue weighted by Crippen LogP contribution is -2.42. The molecular weight excluding hydrogens is 272 g/mol. The summed E-state index contributed by atoms with van der Waals surface area (Å²) >= 11 is 5.84. The second-order valence-corrected chi connectivity index (χ2v) is 6.83. The molecule has 1 amide bonds. The van der Waals surface area contributed by atoms with Crippen molar-refractivity contribution in [1.82, 2.24) is 5.32 Å². The number of carbonyl (C=O) groups is 1. The molecule has 0 fully saturated rings. The molecule has 0 saturated carbocycles. The van der Waals surface area contributed by atoms with Crippen LogP contribution in [0.4, 0.5) is 5.69 Å². The lowest BCUT2D eigenvalue weighted by Gasteiger charge is -2.20. The standard InChI is InChI=1S/C12H17ClN2O2S/c1-12(2,3)15-11(16)7-18(17)8-4-5-10(14)9(13)6-8/h4-6H,7,14H2,1-3H3,(H,15,16). The number of halogens is 1. The monoisotopic (exact) mass is 288 g/mol. The number of nitrogens with two attached hydrogens (primary N) is 1. The smallest absolute Gasteiger partial charge is 0.233 e. The molecule has 4 nitrogen and oxygen atoms in total. The van der Waals surface area contributed by atoms with E-state index in [1.807, 2.05) is 20.8 Å². The Morgan fingerprint density at radius 2 is 2.06 bits per heavy atom. The van der Waals surface area contributed by atoms with Gasteiger partial charge in [-0.05, 0) is 39.0 Å². The van der Waals surface area contributed by atoms with E-state index in [4.69, 9.17) is 17.3 Å². The number of rotatable bonds is 3. The van der Waals surface area contributed by atoms with E-state index in [1.165, 1.54) is 6.07 Å². The molecule has 1 aromatic rings. The maximum absolute atomic E-state index is 12.0. The minimum atomic E-state index is -1.42. The highest BCUT2D eigenvalue weighted by atomic mass is 35.5. The molecule has 1 unspecified atom stereocenters. The molecule has 0 spiro atoms. The zero-order valence-electron chi connectivity index (χ0n) is 10.6. The van der Waals surface area contributed by atoms with Crippen LogP contribution in [0.25, 0.3) is 0 Å². The minimum Gasteiger partial charge on any atom is -0.398 e. The average Bonchev–Trinajstić information content (AvgIpc) is 2.18. The first-order chi connectivity index (χ1) is 8.19. The van der Waals surface area contributed by atoms with Crippen molar-refractivity contribution < 1.29 is 9.00 Å². The maximum atomic E-state index is 12.0. The molecule has 0 aliphatic rings. The predicted molar refractivity (Wildman–Crippen MR) is 75.0 cm³/mol. The second-order valence-electron chi connectivity index (χ2n) is 4.97. The Morgan fingerprint density at radius 1 is 1.44 bits per heavy atom. The normalized spacial score (nSPS) is 13.1. The summed E-state index contributed by atoms with van der Waals surface area (Å²) in [7, 11) is -1.42. The van der Waals surface area contributed by atoms with Crippen molar-refractivity contribution in [3.8, 4) is 0 Å². The average molecular weight is 289 g/mol. The van der Waals surface area contributed by atoms with Gasteiger partial charge in [-0.2, -0.15) is 0 Å². The second kappa shape index (κ2) is 5.71. The largest absolute Gasteiger partial charge is 0.398 e. The fourth-order valence-corrected chi connectivity index (χ4v) is 2.50. The molecular formula is C12H17ClN2O2S. The molecule has 6 heteroatoms. The van der Waals surface area contributed by atoms with Crippen LogP contribution in [-0.4, -0.2) is 21.4 Å². The van der Waals surface area contributed by atoms with E-state index in [2.05, 4.69) is 5.32 Å². The molecule has 18 heavy (non-hydrogen) atoms. The third-order valence-electron chi connectivity index (χ3n) is 2.01. The SMILES string of the molecule is CC(C)(C)NC(=O)CS(=O)c1ccc(N)c(Cl)c1. The first-order valence-electron chi connectivity index (χ1n) is 5.43. The molecule has 0 saturated heterocycles. The minimum absolute atomic E-state index is 0.0858. The fraction of sp³-hybridized carbons (Fsp3) is 0.417. The van der Waals surface area contributed by atoms with E-state index in [9.17, 15) is 9.00 Å². The summed E-state index contributed by atoms with van der Waals surface area (Å²) in [6, 6.07) is 4.72. The summed E-state index contributed by atoms with van der Waals surface area (Å²) in [5.41, 5.74) is 5.66. The molecule has 0 aromatic heterocycles. The van der Waals surface area contributed by atoms with E-state index in [0.717, 1.165) is 0 Å². The van der Waals surface area contributed by atoms with Gasteiger partial charge >= 0.3 is 0 Å². The molecule has 0 heterocycles. The Hall–Kier alpha value is -1.07. The van der Waals surface area contributed by atoms with E-state index in [0.29, 0.717) is 15.6 Å². The van der Waals surface area contributed by atoms with Crippen LogP contribution >= 0.6 is 11.6 Å². The molecule has 0 bridgehead atoms. The molecule has 0 aliphatic heterocycles. The third kappa shape index (κ3) is 4.66. The van der Waals surface area contributed by atoms with Gasteiger partial charge in [0.25, 0.3) is 0 Å². The van der Waals surface area contributed by atoms with Crippen molar-refractivity contribution in [3.63, 3.8) is 0 Å². The van der Waals surface area contributed by atoms with Gasteiger partial charge in [0.1, 0.15) is 5.75 Å². The van der Waals surface area contributed by atoms with Crippen molar-refractivity contribution in [2.24, 2.45) is 0 Å². The van der Waals surface area contributed by atoms with Gasteiger partial charge < -0.3 is 11.1 Å². The first-order valence-corrected chi connectivity index (χ1v) is 7.13. The van der Waals surface area contributed by atoms with Crippen LogP contribution < -0.4 is 11.1 Å². The van der Waals surface area contributed by atoms with Crippen LogP contribution in [0.2, 0.25) is 5.02 Å². The molecule has 100 valence electrons. The van der Waals surface area contributed by atoms with E-state index < -0.39 is 10.8 Å².